The molecule has 17 nitrogen and oxygen atoms in total. The van der Waals surface area contributed by atoms with Gasteiger partial charge in [0.25, 0.3) is 0 Å². The monoisotopic (exact) mass is 1320 g/mol. The number of phenolic OH excluding ortho intramolecular Hbond substituents is 3. The van der Waals surface area contributed by atoms with Crippen LogP contribution in [-0.4, -0.2) is 79.1 Å². The lowest BCUT2D eigenvalue weighted by atomic mass is 9.81. The lowest BCUT2D eigenvalue weighted by molar-refractivity contribution is -0.132. The van der Waals surface area contributed by atoms with Gasteiger partial charge in [0.2, 0.25) is 23.6 Å². The normalized spacial score (nSPS) is 20.0. The quantitative estimate of drug-likeness (QED) is 0.0536. The maximum atomic E-state index is 12.6. The SMILES string of the molecule is COc1cc(N2C(=O)[C@@H](C)[C@@H]2c2ccc(C)c(N)c2)cc(C)c1C.COc1cc(N2C(=O)[C@@H](C)[C@@H]2c2ccc(C)c(O)c2)cc(C)c1C.COc1cc(N2C(=O)[C@@H](CO)[C@@H]2c2ccc(C)c(O)c2)cc(C)c1C.COc1cc(N2C(=O)[C@H](C)[C@@H]2c2ccc(C)c(O)c2)cc(C)c1C. The van der Waals surface area contributed by atoms with Gasteiger partial charge in [0.05, 0.1) is 82.9 Å². The van der Waals surface area contributed by atoms with E-state index in [1.165, 1.54) is 0 Å². The number of aromatic hydroxyl groups is 3. The number of phenols is 3. The second-order valence-corrected chi connectivity index (χ2v) is 26.4. The second-order valence-electron chi connectivity index (χ2n) is 26.4. The van der Waals surface area contributed by atoms with Gasteiger partial charge in [0, 0.05) is 52.7 Å². The number of β-lactam (4-membered cyclic amide) rings is 4. The summed E-state index contributed by atoms with van der Waals surface area (Å²) in [6.45, 7) is 29.2. The highest BCUT2D eigenvalue weighted by Crippen LogP contribution is 2.50. The lowest BCUT2D eigenvalue weighted by Crippen LogP contribution is -2.56. The minimum atomic E-state index is -0.505. The number of ether oxygens (including phenoxy) is 4. The van der Waals surface area contributed by atoms with Gasteiger partial charge < -0.3 is 64.7 Å². The number of nitrogens with two attached hydrogens (primary N) is 1. The third-order valence-electron chi connectivity index (χ3n) is 20.3. The van der Waals surface area contributed by atoms with Gasteiger partial charge in [-0.3, -0.25) is 19.2 Å². The van der Waals surface area contributed by atoms with Crippen molar-refractivity contribution in [2.45, 2.75) is 128 Å². The van der Waals surface area contributed by atoms with Crippen molar-refractivity contribution in [1.82, 2.24) is 0 Å². The van der Waals surface area contributed by atoms with Gasteiger partial charge >= 0.3 is 0 Å². The first-order valence-electron chi connectivity index (χ1n) is 32.7. The molecule has 4 amide bonds. The Bertz CT molecular complexity index is 4040. The van der Waals surface area contributed by atoms with Crippen LogP contribution < -0.4 is 44.3 Å². The Balaban J connectivity index is 0.000000152. The summed E-state index contributed by atoms with van der Waals surface area (Å²) in [4.78, 5) is 57.3. The van der Waals surface area contributed by atoms with Crippen LogP contribution in [0.3, 0.4) is 0 Å². The molecule has 0 aromatic heterocycles. The highest BCUT2D eigenvalue weighted by atomic mass is 16.5. The first-order chi connectivity index (χ1) is 45.9. The van der Waals surface area contributed by atoms with E-state index in [0.717, 1.165) is 140 Å². The largest absolute Gasteiger partial charge is 0.508 e. The molecule has 8 aromatic carbocycles. The molecule has 4 aliphatic rings. The number of aryl methyl sites for hydroxylation is 8. The van der Waals surface area contributed by atoms with Crippen LogP contribution in [0.25, 0.3) is 0 Å². The number of benzene rings is 8. The summed E-state index contributed by atoms with van der Waals surface area (Å²) in [7, 11) is 6.54. The van der Waals surface area contributed by atoms with Gasteiger partial charge in [-0.25, -0.2) is 0 Å². The fourth-order valence-electron chi connectivity index (χ4n) is 13.4. The zero-order valence-electron chi connectivity index (χ0n) is 59.3. The van der Waals surface area contributed by atoms with Crippen LogP contribution in [0, 0.1) is 107 Å². The zero-order valence-corrected chi connectivity index (χ0v) is 59.3. The van der Waals surface area contributed by atoms with E-state index in [-0.39, 0.29) is 89.4 Å². The maximum absolute atomic E-state index is 12.6. The number of methoxy groups -OCH3 is 4. The molecule has 17 heteroatoms. The molecule has 0 unspecified atom stereocenters. The van der Waals surface area contributed by atoms with E-state index >= 15 is 0 Å². The third kappa shape index (κ3) is 13.5. The van der Waals surface area contributed by atoms with Crippen molar-refractivity contribution in [1.29, 1.82) is 0 Å². The molecule has 4 fully saturated rings. The van der Waals surface area contributed by atoms with E-state index in [1.54, 1.807) is 61.3 Å². The Morgan fingerprint density at radius 2 is 0.588 bits per heavy atom. The van der Waals surface area contributed by atoms with E-state index in [1.807, 2.05) is 206 Å². The molecule has 0 saturated carbocycles. The Hall–Kier alpha value is -10.0. The summed E-state index contributed by atoms with van der Waals surface area (Å²) in [6, 6.07) is 37.9. The van der Waals surface area contributed by atoms with Crippen LogP contribution in [0.1, 0.15) is 134 Å². The van der Waals surface area contributed by atoms with Gasteiger partial charge in [0.15, 0.2) is 0 Å². The molecule has 6 N–H and O–H groups in total. The first kappa shape index (κ1) is 71.3. The van der Waals surface area contributed by atoms with E-state index in [9.17, 15) is 39.6 Å². The van der Waals surface area contributed by atoms with Crippen molar-refractivity contribution in [3.05, 3.63) is 210 Å². The number of amides is 4. The van der Waals surface area contributed by atoms with Gasteiger partial charge in [0.1, 0.15) is 40.2 Å². The lowest BCUT2D eigenvalue weighted by Gasteiger charge is -2.47. The third-order valence-corrected chi connectivity index (χ3v) is 20.3. The number of anilines is 5. The number of carbonyl (C=O) groups excluding carboxylic acids is 4. The smallest absolute Gasteiger partial charge is 0.235 e. The van der Waals surface area contributed by atoms with Crippen molar-refractivity contribution < 1.29 is 58.6 Å². The van der Waals surface area contributed by atoms with Crippen molar-refractivity contribution in [3.63, 3.8) is 0 Å². The van der Waals surface area contributed by atoms with Gasteiger partial charge in [-0.05, 0) is 221 Å². The van der Waals surface area contributed by atoms with Crippen molar-refractivity contribution in [2.24, 2.45) is 23.7 Å². The summed E-state index contributed by atoms with van der Waals surface area (Å²) in [5.74, 6) is 3.19. The Labute approximate surface area is 570 Å². The minimum Gasteiger partial charge on any atom is -0.508 e. The fraction of sp³-hybridized carbons (Fsp3) is 0.350. The summed E-state index contributed by atoms with van der Waals surface area (Å²) >= 11 is 0. The summed E-state index contributed by atoms with van der Waals surface area (Å²) in [6.07, 6.45) is 0. The Morgan fingerprint density at radius 3 is 0.835 bits per heavy atom. The summed E-state index contributed by atoms with van der Waals surface area (Å²) in [5.41, 5.74) is 26.0. The molecular weight excluding hydrogens is 1220 g/mol. The predicted octanol–water partition coefficient (Wildman–Crippen LogP) is 15.0. The number of hydrogen-bond donors (Lipinski definition) is 5. The topological polar surface area (TPSA) is 225 Å². The molecule has 4 heterocycles. The van der Waals surface area contributed by atoms with Crippen LogP contribution in [0.2, 0.25) is 0 Å². The van der Waals surface area contributed by atoms with Gasteiger partial charge in [-0.2, -0.15) is 0 Å². The van der Waals surface area contributed by atoms with E-state index in [4.69, 9.17) is 24.7 Å². The van der Waals surface area contributed by atoms with Gasteiger partial charge in [-0.15, -0.1) is 0 Å². The van der Waals surface area contributed by atoms with E-state index in [2.05, 4.69) is 6.07 Å². The molecule has 0 radical (unpaired) electrons. The summed E-state index contributed by atoms with van der Waals surface area (Å²) in [5, 5.41) is 39.7. The number of aliphatic hydroxyl groups is 1. The van der Waals surface area contributed by atoms with E-state index in [0.29, 0.717) is 0 Å². The fourth-order valence-corrected chi connectivity index (χ4v) is 13.4. The van der Waals surface area contributed by atoms with Crippen molar-refractivity contribution in [3.8, 4) is 40.2 Å². The standard InChI is InChI=1S/C20H24N2O2.C20H23NO4.2C20H23NO3/c1-11-6-7-15(9-17(11)21)19-14(4)20(23)22(19)16-8-12(2)13(3)18(10-16)24-5;1-11-5-6-14(8-17(11)23)19-16(10-22)20(24)21(19)15-7-12(2)13(3)18(9-15)25-4;2*1-11-6-7-15(9-17(11)22)19-14(4)20(23)21(19)16-8-12(2)13(3)18(10-16)24-5/h6-10,14,19H,21H2,1-5H3;5-9,16,19,22-23H,10H2,1-4H3;2*6-10,14,19,22H,1-5H3/t14-,19+;16-,19-;14-,19+;14-,19-/m0001/s1. The van der Waals surface area contributed by atoms with Crippen LogP contribution >= 0.6 is 0 Å². The number of nitrogen functional groups attached to an aromatic ring is 1. The number of aliphatic hydroxyl groups excluding tert-OH is 1. The average Bonchev–Trinajstić information content (AvgIpc) is 0.760. The Kier molecular flexibility index (Phi) is 21.1. The Morgan fingerprint density at radius 1 is 0.340 bits per heavy atom. The molecule has 4 aliphatic heterocycles. The molecule has 0 aliphatic carbocycles. The number of carbonyl (C=O) groups is 4. The second kappa shape index (κ2) is 28.8. The number of nitrogens with zero attached hydrogens (tertiary/aromatic N) is 4. The van der Waals surface area contributed by atoms with Crippen molar-refractivity contribution >= 4 is 52.1 Å². The molecule has 97 heavy (non-hydrogen) atoms. The molecule has 8 aromatic rings. The highest BCUT2D eigenvalue weighted by Gasteiger charge is 2.50. The minimum absolute atomic E-state index is 0.00668. The van der Waals surface area contributed by atoms with Gasteiger partial charge in [-0.1, -0.05) is 69.3 Å². The molecule has 8 atom stereocenters. The maximum Gasteiger partial charge on any atom is 0.235 e. The average molecular weight is 1320 g/mol. The van der Waals surface area contributed by atoms with Crippen molar-refractivity contribution in [2.75, 3.05) is 60.4 Å². The molecule has 510 valence electrons. The van der Waals surface area contributed by atoms with Crippen LogP contribution in [0.4, 0.5) is 28.4 Å². The molecule has 12 rings (SSSR count). The highest BCUT2D eigenvalue weighted by molar-refractivity contribution is 6.06. The molecule has 0 spiro atoms. The predicted molar refractivity (Wildman–Crippen MR) is 383 cm³/mol. The number of rotatable bonds is 13. The molecular formula is C80H93N5O12. The zero-order chi connectivity index (χ0) is 71.1. The van der Waals surface area contributed by atoms with E-state index < -0.39 is 5.92 Å². The van der Waals surface area contributed by atoms with Crippen LogP contribution in [0.15, 0.2) is 121 Å². The molecule has 0 bridgehead atoms. The first-order valence-corrected chi connectivity index (χ1v) is 32.7. The molecule has 4 saturated heterocycles. The van der Waals surface area contributed by atoms with Crippen LogP contribution in [0.5, 0.6) is 40.2 Å². The van der Waals surface area contributed by atoms with Crippen LogP contribution in [-0.2, 0) is 19.2 Å². The number of hydrogen-bond acceptors (Lipinski definition) is 13. The summed E-state index contributed by atoms with van der Waals surface area (Å²) < 4.78 is 21.8.